The molecule has 1 aliphatic rings. The molecule has 0 aliphatic carbocycles. The van der Waals surface area contributed by atoms with E-state index in [9.17, 15) is 9.59 Å². The van der Waals surface area contributed by atoms with Crippen LogP contribution >= 0.6 is 11.6 Å². The van der Waals surface area contributed by atoms with Gasteiger partial charge in [0.2, 0.25) is 5.91 Å². The van der Waals surface area contributed by atoms with Crippen LogP contribution in [0.4, 0.5) is 5.82 Å². The summed E-state index contributed by atoms with van der Waals surface area (Å²) in [6, 6.07) is 19.6. The van der Waals surface area contributed by atoms with E-state index in [0.29, 0.717) is 42.0 Å². The molecule has 2 aromatic carbocycles. The molecular weight excluding hydrogens is 500 g/mol. The number of hydrogen-bond acceptors (Lipinski definition) is 5. The van der Waals surface area contributed by atoms with Gasteiger partial charge in [-0.15, -0.1) is 0 Å². The fraction of sp³-hybridized carbons (Fsp3) is 0.310. The van der Waals surface area contributed by atoms with Gasteiger partial charge in [-0.05, 0) is 48.9 Å². The molecule has 2 aromatic heterocycles. The van der Waals surface area contributed by atoms with Crippen LogP contribution in [0.15, 0.2) is 60.7 Å². The monoisotopic (exact) mass is 530 g/mol. The van der Waals surface area contributed by atoms with Crippen LogP contribution in [-0.2, 0) is 11.2 Å². The number of nitrogens with one attached hydrogen (secondary N) is 3. The molecule has 1 fully saturated rings. The highest BCUT2D eigenvalue weighted by Crippen LogP contribution is 2.28. The van der Waals surface area contributed by atoms with Crippen LogP contribution in [0.3, 0.4) is 0 Å². The number of H-pyrrole nitrogens is 1. The summed E-state index contributed by atoms with van der Waals surface area (Å²) in [5.41, 5.74) is 3.26. The Morgan fingerprint density at radius 2 is 1.76 bits per heavy atom. The summed E-state index contributed by atoms with van der Waals surface area (Å²) < 4.78 is 0. The number of piperidine rings is 1. The molecule has 196 valence electrons. The zero-order chi connectivity index (χ0) is 26.5. The number of benzene rings is 2. The number of carbonyl (C=O) groups is 2. The topological polar surface area (TPSA) is 103 Å². The summed E-state index contributed by atoms with van der Waals surface area (Å²) in [6.07, 6.45) is 2.92. The summed E-state index contributed by atoms with van der Waals surface area (Å²) >= 11 is 6.01. The van der Waals surface area contributed by atoms with Gasteiger partial charge >= 0.3 is 0 Å². The highest BCUT2D eigenvalue weighted by Gasteiger charge is 2.25. The normalized spacial score (nSPS) is 14.0. The molecule has 0 spiro atoms. The molecule has 0 radical (unpaired) electrons. The fourth-order valence-electron chi connectivity index (χ4n) is 4.86. The second-order valence-corrected chi connectivity index (χ2v) is 10.1. The maximum absolute atomic E-state index is 13.4. The number of carbonyl (C=O) groups excluding carboxylic acids is 2. The summed E-state index contributed by atoms with van der Waals surface area (Å²) in [5, 5.41) is 7.57. The lowest BCUT2D eigenvalue weighted by Gasteiger charge is -2.31. The molecule has 5 rings (SSSR count). The zero-order valence-electron chi connectivity index (χ0n) is 21.3. The van der Waals surface area contributed by atoms with E-state index in [4.69, 9.17) is 21.6 Å². The molecule has 38 heavy (non-hydrogen) atoms. The standard InChI is InChI=1S/C29H31ClN6O2/c1-19(37)31-13-14-32-27-24-18-25(33-28(24)35-26(34-27)22-5-3-2-4-6-22)29(38)36-15-11-21(12-16-36)17-20-7-9-23(30)10-8-20/h2-10,18,21H,11-17H2,1H3,(H,31,37)(H2,32,33,34,35). The Balaban J connectivity index is 1.32. The molecule has 0 saturated carbocycles. The van der Waals surface area contributed by atoms with Crippen LogP contribution in [0.25, 0.3) is 22.4 Å². The number of aromatic amines is 1. The summed E-state index contributed by atoms with van der Waals surface area (Å²) in [5.74, 6) is 1.61. The smallest absolute Gasteiger partial charge is 0.270 e. The van der Waals surface area contributed by atoms with Gasteiger partial charge < -0.3 is 20.5 Å². The molecular formula is C29H31ClN6O2. The van der Waals surface area contributed by atoms with E-state index < -0.39 is 0 Å². The number of rotatable bonds is 8. The minimum Gasteiger partial charge on any atom is -0.368 e. The van der Waals surface area contributed by atoms with Crippen LogP contribution in [0.1, 0.15) is 35.8 Å². The largest absolute Gasteiger partial charge is 0.368 e. The zero-order valence-corrected chi connectivity index (χ0v) is 22.1. The van der Waals surface area contributed by atoms with Crippen LogP contribution in [0, 0.1) is 5.92 Å². The van der Waals surface area contributed by atoms with Crippen molar-refractivity contribution in [2.75, 3.05) is 31.5 Å². The van der Waals surface area contributed by atoms with Crippen molar-refractivity contribution in [3.05, 3.63) is 76.9 Å². The Labute approximate surface area is 226 Å². The molecule has 0 atom stereocenters. The van der Waals surface area contributed by atoms with Crippen molar-refractivity contribution in [2.45, 2.75) is 26.2 Å². The molecule has 3 heterocycles. The molecule has 3 N–H and O–H groups in total. The predicted octanol–water partition coefficient (Wildman–Crippen LogP) is 4.92. The summed E-state index contributed by atoms with van der Waals surface area (Å²) in [4.78, 5) is 39.3. The second kappa shape index (κ2) is 11.6. The minimum atomic E-state index is -0.0870. The Kier molecular flexibility index (Phi) is 7.89. The first-order valence-electron chi connectivity index (χ1n) is 12.9. The van der Waals surface area contributed by atoms with Gasteiger partial charge in [-0.3, -0.25) is 9.59 Å². The molecule has 2 amide bonds. The number of halogens is 1. The van der Waals surface area contributed by atoms with Crippen molar-refractivity contribution in [3.63, 3.8) is 0 Å². The lowest BCUT2D eigenvalue weighted by molar-refractivity contribution is -0.118. The van der Waals surface area contributed by atoms with E-state index in [2.05, 4.69) is 27.8 Å². The molecule has 0 unspecified atom stereocenters. The highest BCUT2D eigenvalue weighted by molar-refractivity contribution is 6.30. The van der Waals surface area contributed by atoms with E-state index in [1.807, 2.05) is 53.4 Å². The van der Waals surface area contributed by atoms with Crippen molar-refractivity contribution in [2.24, 2.45) is 5.92 Å². The molecule has 1 saturated heterocycles. The first-order valence-corrected chi connectivity index (χ1v) is 13.3. The number of fused-ring (bicyclic) bond motifs is 1. The quantitative estimate of drug-likeness (QED) is 0.280. The van der Waals surface area contributed by atoms with Crippen LogP contribution < -0.4 is 10.6 Å². The third-order valence-electron chi connectivity index (χ3n) is 6.88. The average Bonchev–Trinajstić information content (AvgIpc) is 3.37. The number of nitrogens with zero attached hydrogens (tertiary/aromatic N) is 3. The van der Waals surface area contributed by atoms with Gasteiger partial charge in [-0.25, -0.2) is 9.97 Å². The van der Waals surface area contributed by atoms with E-state index in [1.54, 1.807) is 0 Å². The SMILES string of the molecule is CC(=O)NCCNc1nc(-c2ccccc2)nc2[nH]c(C(=O)N3CCC(Cc4ccc(Cl)cc4)CC3)cc12. The third kappa shape index (κ3) is 6.14. The van der Waals surface area contributed by atoms with Crippen molar-refractivity contribution >= 4 is 40.3 Å². The van der Waals surface area contributed by atoms with Crippen molar-refractivity contribution in [1.29, 1.82) is 0 Å². The van der Waals surface area contributed by atoms with E-state index >= 15 is 0 Å². The number of aromatic nitrogens is 3. The number of amides is 2. The molecule has 4 aromatic rings. The highest BCUT2D eigenvalue weighted by atomic mass is 35.5. The van der Waals surface area contributed by atoms with E-state index in [1.165, 1.54) is 12.5 Å². The predicted molar refractivity (Wildman–Crippen MR) is 150 cm³/mol. The number of hydrogen-bond donors (Lipinski definition) is 3. The first kappa shape index (κ1) is 25.7. The minimum absolute atomic E-state index is 0.0293. The van der Waals surface area contributed by atoms with Gasteiger partial charge in [0.25, 0.3) is 5.91 Å². The van der Waals surface area contributed by atoms with Gasteiger partial charge in [-0.2, -0.15) is 0 Å². The van der Waals surface area contributed by atoms with Crippen LogP contribution in [0.5, 0.6) is 0 Å². The van der Waals surface area contributed by atoms with Crippen molar-refractivity contribution in [3.8, 4) is 11.4 Å². The lowest BCUT2D eigenvalue weighted by Crippen LogP contribution is -2.39. The van der Waals surface area contributed by atoms with Gasteiger partial charge in [0.15, 0.2) is 5.82 Å². The Morgan fingerprint density at radius 1 is 1.03 bits per heavy atom. The summed E-state index contributed by atoms with van der Waals surface area (Å²) in [7, 11) is 0. The first-order chi connectivity index (χ1) is 18.5. The molecule has 0 bridgehead atoms. The van der Waals surface area contributed by atoms with Gasteiger partial charge in [0.1, 0.15) is 17.2 Å². The number of likely N-dealkylation sites (tertiary alicyclic amines) is 1. The Bertz CT molecular complexity index is 1410. The molecule has 8 nitrogen and oxygen atoms in total. The van der Waals surface area contributed by atoms with Crippen molar-refractivity contribution < 1.29 is 9.59 Å². The van der Waals surface area contributed by atoms with Gasteiger partial charge in [0.05, 0.1) is 5.39 Å². The molecule has 1 aliphatic heterocycles. The van der Waals surface area contributed by atoms with E-state index in [0.717, 1.165) is 48.3 Å². The maximum Gasteiger partial charge on any atom is 0.270 e. The number of anilines is 1. The maximum atomic E-state index is 13.4. The second-order valence-electron chi connectivity index (χ2n) is 9.68. The Hall–Kier alpha value is -3.91. The fourth-order valence-corrected chi connectivity index (χ4v) is 4.99. The van der Waals surface area contributed by atoms with E-state index in [-0.39, 0.29) is 11.8 Å². The average molecular weight is 531 g/mol. The van der Waals surface area contributed by atoms with Gasteiger partial charge in [-0.1, -0.05) is 54.1 Å². The van der Waals surface area contributed by atoms with Gasteiger partial charge in [0, 0.05) is 43.7 Å². The lowest BCUT2D eigenvalue weighted by atomic mass is 9.90. The molecule has 9 heteroatoms. The van der Waals surface area contributed by atoms with Crippen LogP contribution in [-0.4, -0.2) is 57.8 Å². The summed E-state index contributed by atoms with van der Waals surface area (Å²) in [6.45, 7) is 3.88. The third-order valence-corrected chi connectivity index (χ3v) is 7.13. The Morgan fingerprint density at radius 3 is 2.47 bits per heavy atom. The van der Waals surface area contributed by atoms with Crippen molar-refractivity contribution in [1.82, 2.24) is 25.2 Å². The van der Waals surface area contributed by atoms with Crippen LogP contribution in [0.2, 0.25) is 5.02 Å².